The molecular weight excluding hydrogens is 208 g/mol. The van der Waals surface area contributed by atoms with Gasteiger partial charge in [0.1, 0.15) is 0 Å². The number of hydrogen-bond acceptors (Lipinski definition) is 2. The third-order valence-electron chi connectivity index (χ3n) is 3.33. The van der Waals surface area contributed by atoms with Crippen LogP contribution in [0.15, 0.2) is 24.3 Å². The van der Waals surface area contributed by atoms with Gasteiger partial charge in [-0.2, -0.15) is 0 Å². The van der Waals surface area contributed by atoms with Gasteiger partial charge < -0.3 is 11.1 Å². The predicted molar refractivity (Wildman–Crippen MR) is 76.1 cm³/mol. The molecule has 1 aromatic rings. The van der Waals surface area contributed by atoms with Gasteiger partial charge in [-0.3, -0.25) is 0 Å². The highest BCUT2D eigenvalue weighted by molar-refractivity contribution is 5.40. The largest absolute Gasteiger partial charge is 0.399 e. The average molecular weight is 234 g/mol. The summed E-state index contributed by atoms with van der Waals surface area (Å²) in [5, 5.41) is 3.53. The molecule has 2 heteroatoms. The first-order valence-electron chi connectivity index (χ1n) is 6.58. The molecule has 2 nitrogen and oxygen atoms in total. The maximum Gasteiger partial charge on any atom is 0.0316 e. The molecular formula is C15H26N2. The zero-order valence-corrected chi connectivity index (χ0v) is 11.4. The Labute approximate surface area is 106 Å². The highest BCUT2D eigenvalue weighted by Crippen LogP contribution is 2.17. The molecule has 0 atom stereocenters. The topological polar surface area (TPSA) is 38.0 Å². The lowest BCUT2D eigenvalue weighted by atomic mass is 9.90. The zero-order chi connectivity index (χ0) is 12.7. The van der Waals surface area contributed by atoms with E-state index in [-0.39, 0.29) is 0 Å². The summed E-state index contributed by atoms with van der Waals surface area (Å²) < 4.78 is 0. The van der Waals surface area contributed by atoms with E-state index in [2.05, 4.69) is 38.2 Å². The second kappa shape index (κ2) is 6.65. The van der Waals surface area contributed by atoms with Crippen LogP contribution >= 0.6 is 0 Å². The van der Waals surface area contributed by atoms with Crippen LogP contribution in [0.1, 0.15) is 39.2 Å². The lowest BCUT2D eigenvalue weighted by Crippen LogP contribution is -2.29. The molecule has 0 spiro atoms. The maximum atomic E-state index is 5.75. The summed E-state index contributed by atoms with van der Waals surface area (Å²) in [6.07, 6.45) is 3.49. The van der Waals surface area contributed by atoms with Gasteiger partial charge in [0.2, 0.25) is 0 Å². The fourth-order valence-corrected chi connectivity index (χ4v) is 1.72. The summed E-state index contributed by atoms with van der Waals surface area (Å²) in [4.78, 5) is 0. The van der Waals surface area contributed by atoms with Gasteiger partial charge in [-0.1, -0.05) is 32.9 Å². The molecule has 0 aliphatic heterocycles. The Hall–Kier alpha value is -1.02. The van der Waals surface area contributed by atoms with E-state index in [1.807, 2.05) is 12.1 Å². The molecule has 0 fully saturated rings. The molecule has 3 N–H and O–H groups in total. The molecule has 17 heavy (non-hydrogen) atoms. The highest BCUT2D eigenvalue weighted by atomic mass is 14.9. The van der Waals surface area contributed by atoms with Crippen LogP contribution in [0.4, 0.5) is 5.69 Å². The quantitative estimate of drug-likeness (QED) is 0.561. The standard InChI is InChI=1S/C15H26N2/c1-4-15(2,3)12-17-10-6-8-13-7-5-9-14(16)11-13/h5,7,9,11,17H,4,6,8,10,12,16H2,1-3H3. The first-order valence-corrected chi connectivity index (χ1v) is 6.58. The molecule has 0 bridgehead atoms. The van der Waals surface area contributed by atoms with Crippen LogP contribution in [0.3, 0.4) is 0 Å². The van der Waals surface area contributed by atoms with E-state index in [4.69, 9.17) is 5.73 Å². The number of hydrogen-bond donors (Lipinski definition) is 2. The smallest absolute Gasteiger partial charge is 0.0316 e. The van der Waals surface area contributed by atoms with E-state index < -0.39 is 0 Å². The average Bonchev–Trinajstić information content (AvgIpc) is 2.29. The van der Waals surface area contributed by atoms with Crippen LogP contribution in [0.25, 0.3) is 0 Å². The minimum atomic E-state index is 0.414. The lowest BCUT2D eigenvalue weighted by Gasteiger charge is -2.22. The van der Waals surface area contributed by atoms with Gasteiger partial charge >= 0.3 is 0 Å². The van der Waals surface area contributed by atoms with Gasteiger partial charge in [0.05, 0.1) is 0 Å². The number of nitrogens with two attached hydrogens (primary N) is 1. The monoisotopic (exact) mass is 234 g/mol. The number of aryl methyl sites for hydroxylation is 1. The molecule has 0 saturated carbocycles. The van der Waals surface area contributed by atoms with E-state index in [0.29, 0.717) is 5.41 Å². The van der Waals surface area contributed by atoms with Gasteiger partial charge in [-0.25, -0.2) is 0 Å². The maximum absolute atomic E-state index is 5.75. The first-order chi connectivity index (χ1) is 8.03. The normalized spacial score (nSPS) is 11.7. The van der Waals surface area contributed by atoms with Gasteiger partial charge in [0.15, 0.2) is 0 Å². The Bertz CT molecular complexity index is 331. The Kier molecular flexibility index (Phi) is 5.49. The Morgan fingerprint density at radius 3 is 2.71 bits per heavy atom. The van der Waals surface area contributed by atoms with Crippen LogP contribution in [0.2, 0.25) is 0 Å². The SMILES string of the molecule is CCC(C)(C)CNCCCc1cccc(N)c1. The minimum Gasteiger partial charge on any atom is -0.399 e. The van der Waals surface area contributed by atoms with E-state index in [0.717, 1.165) is 25.2 Å². The Morgan fingerprint density at radius 1 is 1.29 bits per heavy atom. The summed E-state index contributed by atoms with van der Waals surface area (Å²) in [5.74, 6) is 0. The molecule has 0 amide bonds. The molecule has 1 aromatic carbocycles. The molecule has 0 unspecified atom stereocenters. The third kappa shape index (κ3) is 5.73. The molecule has 0 saturated heterocycles. The molecule has 0 heterocycles. The van der Waals surface area contributed by atoms with E-state index >= 15 is 0 Å². The number of nitrogen functional groups attached to an aromatic ring is 1. The fourth-order valence-electron chi connectivity index (χ4n) is 1.72. The number of rotatable bonds is 7. The van der Waals surface area contributed by atoms with Crippen molar-refractivity contribution >= 4 is 5.69 Å². The molecule has 0 radical (unpaired) electrons. The Balaban J connectivity index is 2.17. The van der Waals surface area contributed by atoms with E-state index in [1.54, 1.807) is 0 Å². The third-order valence-corrected chi connectivity index (χ3v) is 3.33. The summed E-state index contributed by atoms with van der Waals surface area (Å²) in [7, 11) is 0. The minimum absolute atomic E-state index is 0.414. The highest BCUT2D eigenvalue weighted by Gasteiger charge is 2.13. The van der Waals surface area contributed by atoms with Crippen molar-refractivity contribution in [2.45, 2.75) is 40.0 Å². The summed E-state index contributed by atoms with van der Waals surface area (Å²) in [6.45, 7) is 9.03. The number of nitrogens with one attached hydrogen (secondary N) is 1. The van der Waals surface area contributed by atoms with Crippen molar-refractivity contribution in [2.24, 2.45) is 5.41 Å². The van der Waals surface area contributed by atoms with Gasteiger partial charge in [-0.05, 0) is 48.9 Å². The van der Waals surface area contributed by atoms with Crippen LogP contribution < -0.4 is 11.1 Å². The zero-order valence-electron chi connectivity index (χ0n) is 11.4. The van der Waals surface area contributed by atoms with Gasteiger partial charge in [-0.15, -0.1) is 0 Å². The van der Waals surface area contributed by atoms with E-state index in [9.17, 15) is 0 Å². The Morgan fingerprint density at radius 2 is 2.06 bits per heavy atom. The van der Waals surface area contributed by atoms with Crippen LogP contribution in [0.5, 0.6) is 0 Å². The van der Waals surface area contributed by atoms with Crippen molar-refractivity contribution in [3.05, 3.63) is 29.8 Å². The second-order valence-corrected chi connectivity index (χ2v) is 5.54. The van der Waals surface area contributed by atoms with Crippen molar-refractivity contribution in [1.82, 2.24) is 5.32 Å². The predicted octanol–water partition coefficient (Wildman–Crippen LogP) is 3.23. The number of benzene rings is 1. The van der Waals surface area contributed by atoms with Crippen molar-refractivity contribution in [2.75, 3.05) is 18.8 Å². The van der Waals surface area contributed by atoms with Gasteiger partial charge in [0, 0.05) is 12.2 Å². The van der Waals surface area contributed by atoms with Crippen molar-refractivity contribution in [1.29, 1.82) is 0 Å². The van der Waals surface area contributed by atoms with Crippen molar-refractivity contribution < 1.29 is 0 Å². The van der Waals surface area contributed by atoms with Crippen LogP contribution in [-0.4, -0.2) is 13.1 Å². The first kappa shape index (κ1) is 14.0. The molecule has 96 valence electrons. The lowest BCUT2D eigenvalue weighted by molar-refractivity contribution is 0.328. The summed E-state index contributed by atoms with van der Waals surface area (Å²) in [6, 6.07) is 8.17. The molecule has 0 aromatic heterocycles. The number of anilines is 1. The second-order valence-electron chi connectivity index (χ2n) is 5.54. The van der Waals surface area contributed by atoms with E-state index in [1.165, 1.54) is 18.4 Å². The molecule has 0 aliphatic carbocycles. The van der Waals surface area contributed by atoms with Crippen LogP contribution in [-0.2, 0) is 6.42 Å². The summed E-state index contributed by atoms with van der Waals surface area (Å²) in [5.41, 5.74) is 8.36. The van der Waals surface area contributed by atoms with Gasteiger partial charge in [0.25, 0.3) is 0 Å². The molecule has 1 rings (SSSR count). The van der Waals surface area contributed by atoms with Crippen molar-refractivity contribution in [3.8, 4) is 0 Å². The fraction of sp³-hybridized carbons (Fsp3) is 0.600. The molecule has 0 aliphatic rings. The summed E-state index contributed by atoms with van der Waals surface area (Å²) >= 11 is 0. The van der Waals surface area contributed by atoms with Crippen LogP contribution in [0, 0.1) is 5.41 Å². The van der Waals surface area contributed by atoms with Crippen molar-refractivity contribution in [3.63, 3.8) is 0 Å².